The van der Waals surface area contributed by atoms with Crippen molar-refractivity contribution in [2.45, 2.75) is 64.3 Å². The summed E-state index contributed by atoms with van der Waals surface area (Å²) in [6, 6.07) is 0.0951. The smallest absolute Gasteiger partial charge is 0.282 e. The Bertz CT molecular complexity index is 685. The van der Waals surface area contributed by atoms with Crippen molar-refractivity contribution in [2.75, 3.05) is 46.3 Å². The third-order valence-corrected chi connectivity index (χ3v) is 8.80. The maximum Gasteiger partial charge on any atom is 0.282 e. The average molecular weight is 429 g/mol. The standard InChI is InChI=1S/C20H36N4O4S/c1-3-19(25)23-11-7-8-17(16-23)20(26)22-12-14-24(15-13-22)29(27,28)21(2)18-9-5-4-6-10-18/h17-18H,3-16H2,1-2H3. The molecule has 3 aliphatic rings. The van der Waals surface area contributed by atoms with Crippen LogP contribution in [0.15, 0.2) is 0 Å². The lowest BCUT2D eigenvalue weighted by Gasteiger charge is -2.40. The summed E-state index contributed by atoms with van der Waals surface area (Å²) >= 11 is 0. The average Bonchev–Trinajstić information content (AvgIpc) is 2.78. The molecule has 2 aliphatic heterocycles. The molecule has 0 N–H and O–H groups in total. The van der Waals surface area contributed by atoms with E-state index in [1.165, 1.54) is 10.7 Å². The Morgan fingerprint density at radius 3 is 2.17 bits per heavy atom. The molecule has 9 heteroatoms. The SMILES string of the molecule is CCC(=O)N1CCCC(C(=O)N2CCN(S(=O)(=O)N(C)C3CCCCC3)CC2)C1. The van der Waals surface area contributed by atoms with E-state index in [9.17, 15) is 18.0 Å². The van der Waals surface area contributed by atoms with Crippen molar-refractivity contribution >= 4 is 22.0 Å². The van der Waals surface area contributed by atoms with Crippen LogP contribution in [0.5, 0.6) is 0 Å². The van der Waals surface area contributed by atoms with Crippen molar-refractivity contribution in [2.24, 2.45) is 5.92 Å². The Morgan fingerprint density at radius 1 is 0.897 bits per heavy atom. The predicted octanol–water partition coefficient (Wildman–Crippen LogP) is 1.29. The molecule has 0 aromatic rings. The minimum Gasteiger partial charge on any atom is -0.342 e. The first kappa shape index (κ1) is 22.5. The van der Waals surface area contributed by atoms with Crippen LogP contribution < -0.4 is 0 Å². The topological polar surface area (TPSA) is 81.2 Å². The molecule has 0 spiro atoms. The number of rotatable bonds is 5. The first-order chi connectivity index (χ1) is 13.8. The van der Waals surface area contributed by atoms with Crippen molar-refractivity contribution in [1.82, 2.24) is 18.4 Å². The molecule has 0 aromatic carbocycles. The van der Waals surface area contributed by atoms with E-state index in [0.717, 1.165) is 45.1 Å². The zero-order chi connectivity index (χ0) is 21.0. The van der Waals surface area contributed by atoms with E-state index in [1.54, 1.807) is 21.2 Å². The van der Waals surface area contributed by atoms with Gasteiger partial charge in [-0.3, -0.25) is 9.59 Å². The Morgan fingerprint density at radius 2 is 1.55 bits per heavy atom. The van der Waals surface area contributed by atoms with Gasteiger partial charge in [0.05, 0.1) is 5.92 Å². The second kappa shape index (κ2) is 9.75. The van der Waals surface area contributed by atoms with Crippen molar-refractivity contribution in [1.29, 1.82) is 0 Å². The zero-order valence-electron chi connectivity index (χ0n) is 17.9. The molecule has 166 valence electrons. The number of carbonyl (C=O) groups excluding carboxylic acids is 2. The van der Waals surface area contributed by atoms with Gasteiger partial charge < -0.3 is 9.80 Å². The van der Waals surface area contributed by atoms with E-state index in [-0.39, 0.29) is 23.8 Å². The highest BCUT2D eigenvalue weighted by molar-refractivity contribution is 7.86. The third kappa shape index (κ3) is 5.11. The van der Waals surface area contributed by atoms with Gasteiger partial charge in [-0.25, -0.2) is 0 Å². The van der Waals surface area contributed by atoms with E-state index in [4.69, 9.17) is 0 Å². The Balaban J connectivity index is 1.54. The Labute approximate surface area is 175 Å². The molecule has 29 heavy (non-hydrogen) atoms. The van der Waals surface area contributed by atoms with Crippen LogP contribution in [-0.4, -0.2) is 91.0 Å². The highest BCUT2D eigenvalue weighted by Gasteiger charge is 2.37. The second-order valence-electron chi connectivity index (χ2n) is 8.57. The number of piperidine rings is 1. The minimum atomic E-state index is -3.48. The molecular weight excluding hydrogens is 392 g/mol. The van der Waals surface area contributed by atoms with Gasteiger partial charge in [-0.15, -0.1) is 0 Å². The molecule has 3 rings (SSSR count). The quantitative estimate of drug-likeness (QED) is 0.661. The van der Waals surface area contributed by atoms with E-state index in [2.05, 4.69) is 0 Å². The molecule has 1 unspecified atom stereocenters. The number of piperazine rings is 1. The summed E-state index contributed by atoms with van der Waals surface area (Å²) in [5, 5.41) is 0. The van der Waals surface area contributed by atoms with Crippen LogP contribution in [0.25, 0.3) is 0 Å². The van der Waals surface area contributed by atoms with E-state index < -0.39 is 10.2 Å². The molecule has 3 fully saturated rings. The molecule has 1 saturated carbocycles. The lowest BCUT2D eigenvalue weighted by Crippen LogP contribution is -2.56. The fourth-order valence-electron chi connectivity index (χ4n) is 4.84. The van der Waals surface area contributed by atoms with Gasteiger partial charge in [0.15, 0.2) is 0 Å². The number of nitrogens with zero attached hydrogens (tertiary/aromatic N) is 4. The maximum atomic E-state index is 13.0. The lowest BCUT2D eigenvalue weighted by molar-refractivity contribution is -0.141. The molecule has 0 radical (unpaired) electrons. The largest absolute Gasteiger partial charge is 0.342 e. The number of amides is 2. The maximum absolute atomic E-state index is 13.0. The van der Waals surface area contributed by atoms with Gasteiger partial charge in [-0.1, -0.05) is 26.2 Å². The first-order valence-corrected chi connectivity index (χ1v) is 12.5. The molecule has 2 amide bonds. The summed E-state index contributed by atoms with van der Waals surface area (Å²) in [6.07, 6.45) is 7.35. The minimum absolute atomic E-state index is 0.0660. The summed E-state index contributed by atoms with van der Waals surface area (Å²) in [7, 11) is -1.78. The number of likely N-dealkylation sites (tertiary alicyclic amines) is 1. The van der Waals surface area contributed by atoms with Gasteiger partial charge in [0.2, 0.25) is 11.8 Å². The molecule has 0 aromatic heterocycles. The highest BCUT2D eigenvalue weighted by Crippen LogP contribution is 2.26. The van der Waals surface area contributed by atoms with Crippen LogP contribution in [0.1, 0.15) is 58.3 Å². The van der Waals surface area contributed by atoms with E-state index in [1.807, 2.05) is 6.92 Å². The summed E-state index contributed by atoms with van der Waals surface area (Å²) in [4.78, 5) is 28.5. The van der Waals surface area contributed by atoms with Crippen molar-refractivity contribution in [3.05, 3.63) is 0 Å². The van der Waals surface area contributed by atoms with Crippen molar-refractivity contribution < 1.29 is 18.0 Å². The summed E-state index contributed by atoms with van der Waals surface area (Å²) in [6.45, 7) is 4.61. The van der Waals surface area contributed by atoms with Gasteiger partial charge in [-0.2, -0.15) is 17.0 Å². The summed E-state index contributed by atoms with van der Waals surface area (Å²) < 4.78 is 29.1. The molecule has 1 atom stereocenters. The fraction of sp³-hybridized carbons (Fsp3) is 0.900. The normalized spacial score (nSPS) is 25.4. The van der Waals surface area contributed by atoms with Crippen molar-refractivity contribution in [3.8, 4) is 0 Å². The van der Waals surface area contributed by atoms with E-state index >= 15 is 0 Å². The molecule has 0 bridgehead atoms. The first-order valence-electron chi connectivity index (χ1n) is 11.1. The summed E-state index contributed by atoms with van der Waals surface area (Å²) in [5.41, 5.74) is 0. The lowest BCUT2D eigenvalue weighted by atomic mass is 9.96. The fourth-order valence-corrected chi connectivity index (χ4v) is 6.42. The van der Waals surface area contributed by atoms with E-state index in [0.29, 0.717) is 39.1 Å². The summed E-state index contributed by atoms with van der Waals surface area (Å²) in [5.74, 6) is 0.00719. The third-order valence-electron chi connectivity index (χ3n) is 6.76. The van der Waals surface area contributed by atoms with Gasteiger partial charge in [-0.05, 0) is 25.7 Å². The highest BCUT2D eigenvalue weighted by atomic mass is 32.2. The van der Waals surface area contributed by atoms with Crippen LogP contribution in [0.3, 0.4) is 0 Å². The molecule has 1 aliphatic carbocycles. The van der Waals surface area contributed by atoms with Crippen LogP contribution in [-0.2, 0) is 19.8 Å². The second-order valence-corrected chi connectivity index (χ2v) is 10.6. The van der Waals surface area contributed by atoms with Crippen LogP contribution in [0.4, 0.5) is 0 Å². The van der Waals surface area contributed by atoms with Crippen LogP contribution in [0.2, 0.25) is 0 Å². The predicted molar refractivity (Wildman–Crippen MR) is 111 cm³/mol. The number of carbonyl (C=O) groups is 2. The van der Waals surface area contributed by atoms with Gasteiger partial charge in [0.25, 0.3) is 10.2 Å². The van der Waals surface area contributed by atoms with Crippen LogP contribution >= 0.6 is 0 Å². The van der Waals surface area contributed by atoms with Crippen molar-refractivity contribution in [3.63, 3.8) is 0 Å². The Kier molecular flexibility index (Phi) is 7.56. The number of hydrogen-bond donors (Lipinski definition) is 0. The Hall–Kier alpha value is -1.19. The monoisotopic (exact) mass is 428 g/mol. The van der Waals surface area contributed by atoms with Crippen LogP contribution in [0, 0.1) is 5.92 Å². The molecule has 8 nitrogen and oxygen atoms in total. The molecular formula is C20H36N4O4S. The zero-order valence-corrected chi connectivity index (χ0v) is 18.7. The number of hydrogen-bond acceptors (Lipinski definition) is 4. The van der Waals surface area contributed by atoms with Gasteiger partial charge in [0, 0.05) is 58.8 Å². The van der Waals surface area contributed by atoms with Gasteiger partial charge in [0.1, 0.15) is 0 Å². The molecule has 2 heterocycles. The molecule has 2 saturated heterocycles. The van der Waals surface area contributed by atoms with Gasteiger partial charge >= 0.3 is 0 Å².